The second-order valence-corrected chi connectivity index (χ2v) is 14.7. The van der Waals surface area contributed by atoms with Gasteiger partial charge in [-0.2, -0.15) is 0 Å². The van der Waals surface area contributed by atoms with E-state index in [1.54, 1.807) is 20.3 Å². The van der Waals surface area contributed by atoms with Crippen LogP contribution < -0.4 is 28.6 Å². The van der Waals surface area contributed by atoms with E-state index in [0.717, 1.165) is 60.7 Å². The molecule has 4 aliphatic rings. The summed E-state index contributed by atoms with van der Waals surface area (Å²) in [5.41, 5.74) is 7.81. The Morgan fingerprint density at radius 2 is 1.63 bits per heavy atom. The summed E-state index contributed by atoms with van der Waals surface area (Å²) in [5.74, 6) is 3.24. The van der Waals surface area contributed by atoms with Crippen LogP contribution in [0.1, 0.15) is 58.8 Å². The first-order valence-electron chi connectivity index (χ1n) is 17.9. The zero-order valence-corrected chi connectivity index (χ0v) is 32.3. The standard InChI is InChI=1S/C23H24O6.C19H23ClN2.ClH/c1-11(2)16-8-14-15(28-16)6-5-12-22(24)21-13-7-18(25-3)19(26-4)9-17(13)27-10-20(21)29-23(12)14;1-21(2)12-5-13-22-18-7-4-3-6-15(18)8-9-16-10-11-17(20)14-19(16)22;/h5-7,9,11,16,20-21H,8,10H2,1-4H3;3-4,6-7,10-11,14H,5,8-9,12-13H2,1-2H3;1H. The second-order valence-electron chi connectivity index (χ2n) is 14.3. The van der Waals surface area contributed by atoms with E-state index < -0.39 is 5.92 Å². The predicted molar refractivity (Wildman–Crippen MR) is 209 cm³/mol. The molecule has 4 heterocycles. The van der Waals surface area contributed by atoms with Crippen LogP contribution in [0.15, 0.2) is 66.7 Å². The largest absolute Gasteiger partial charge is 0.493 e. The number of para-hydroxylation sites is 1. The Labute approximate surface area is 318 Å². The second kappa shape index (κ2) is 15.9. The van der Waals surface area contributed by atoms with E-state index in [1.807, 2.05) is 24.3 Å². The van der Waals surface area contributed by atoms with Crippen molar-refractivity contribution in [2.24, 2.45) is 5.92 Å². The Morgan fingerprint density at radius 3 is 2.37 bits per heavy atom. The minimum atomic E-state index is -0.438. The lowest BCUT2D eigenvalue weighted by atomic mass is 9.81. The lowest BCUT2D eigenvalue weighted by Crippen LogP contribution is -2.43. The normalized spacial score (nSPS) is 19.1. The summed E-state index contributed by atoms with van der Waals surface area (Å²) >= 11 is 6.27. The molecule has 4 aromatic rings. The average Bonchev–Trinajstić information content (AvgIpc) is 3.52. The molecule has 0 N–H and O–H groups in total. The average molecular weight is 748 g/mol. The number of aryl methyl sites for hydroxylation is 2. The molecule has 0 aliphatic carbocycles. The van der Waals surface area contributed by atoms with Gasteiger partial charge in [-0.15, -0.1) is 12.4 Å². The van der Waals surface area contributed by atoms with Gasteiger partial charge in [-0.3, -0.25) is 4.79 Å². The molecular weight excluding hydrogens is 699 g/mol. The fourth-order valence-corrected chi connectivity index (χ4v) is 7.80. The van der Waals surface area contributed by atoms with Gasteiger partial charge in [0.1, 0.15) is 36.1 Å². The summed E-state index contributed by atoms with van der Waals surface area (Å²) < 4.78 is 29.2. The third-order valence-electron chi connectivity index (χ3n) is 10.4. The van der Waals surface area contributed by atoms with Crippen LogP contribution >= 0.6 is 24.0 Å². The van der Waals surface area contributed by atoms with Gasteiger partial charge in [-0.1, -0.05) is 49.7 Å². The van der Waals surface area contributed by atoms with Crippen molar-refractivity contribution in [3.8, 4) is 28.7 Å². The smallest absolute Gasteiger partial charge is 0.178 e. The molecule has 0 saturated heterocycles. The first-order valence-corrected chi connectivity index (χ1v) is 18.2. The van der Waals surface area contributed by atoms with Gasteiger partial charge in [0.15, 0.2) is 17.3 Å². The summed E-state index contributed by atoms with van der Waals surface area (Å²) in [6.07, 6.45) is 3.78. The Balaban J connectivity index is 0.000000182. The topological polar surface area (TPSA) is 69.7 Å². The van der Waals surface area contributed by atoms with E-state index in [4.69, 9.17) is 35.3 Å². The minimum absolute atomic E-state index is 0. The molecule has 0 radical (unpaired) electrons. The van der Waals surface area contributed by atoms with E-state index in [9.17, 15) is 4.79 Å². The fraction of sp³-hybridized carbons (Fsp3) is 0.405. The lowest BCUT2D eigenvalue weighted by Gasteiger charge is -2.37. The summed E-state index contributed by atoms with van der Waals surface area (Å²) in [7, 11) is 7.41. The van der Waals surface area contributed by atoms with Crippen LogP contribution in [0.4, 0.5) is 11.4 Å². The summed E-state index contributed by atoms with van der Waals surface area (Å²) in [6.45, 7) is 6.69. The molecule has 8 rings (SSSR count). The van der Waals surface area contributed by atoms with Gasteiger partial charge in [-0.05, 0) is 93.3 Å². The number of hydrogen-bond acceptors (Lipinski definition) is 8. The third-order valence-corrected chi connectivity index (χ3v) is 10.6. The Bertz CT molecular complexity index is 1930. The molecule has 0 saturated carbocycles. The van der Waals surface area contributed by atoms with E-state index in [2.05, 4.69) is 74.1 Å². The van der Waals surface area contributed by atoms with Gasteiger partial charge >= 0.3 is 0 Å². The summed E-state index contributed by atoms with van der Waals surface area (Å²) in [6, 6.07) is 22.4. The molecular formula is C42H48Cl2N2O6. The van der Waals surface area contributed by atoms with Crippen LogP contribution in [0.3, 0.4) is 0 Å². The zero-order valence-electron chi connectivity index (χ0n) is 30.7. The molecule has 276 valence electrons. The Kier molecular flexibility index (Phi) is 11.5. The summed E-state index contributed by atoms with van der Waals surface area (Å²) in [4.78, 5) is 18.2. The molecule has 4 aromatic carbocycles. The number of carbonyl (C=O) groups excluding carboxylic acids is 1. The first-order chi connectivity index (χ1) is 24.7. The lowest BCUT2D eigenvalue weighted by molar-refractivity contribution is 0.0554. The maximum Gasteiger partial charge on any atom is 0.178 e. The Morgan fingerprint density at radius 1 is 0.904 bits per heavy atom. The van der Waals surface area contributed by atoms with Crippen molar-refractivity contribution in [2.75, 3.05) is 52.9 Å². The number of ether oxygens (including phenoxy) is 5. The van der Waals surface area contributed by atoms with Gasteiger partial charge in [0.25, 0.3) is 0 Å². The quantitative estimate of drug-likeness (QED) is 0.186. The van der Waals surface area contributed by atoms with Crippen LogP contribution in [0.2, 0.25) is 5.02 Å². The van der Waals surface area contributed by atoms with Crippen LogP contribution in [0.25, 0.3) is 0 Å². The van der Waals surface area contributed by atoms with E-state index in [0.29, 0.717) is 41.1 Å². The number of halogens is 2. The van der Waals surface area contributed by atoms with Crippen LogP contribution in [0, 0.1) is 5.92 Å². The number of hydrogen-bond donors (Lipinski definition) is 0. The van der Waals surface area contributed by atoms with Gasteiger partial charge in [0.05, 0.1) is 25.7 Å². The highest BCUT2D eigenvalue weighted by molar-refractivity contribution is 6.30. The number of fused-ring (bicyclic) bond motifs is 8. The molecule has 4 aliphatic heterocycles. The predicted octanol–water partition coefficient (Wildman–Crippen LogP) is 8.73. The Hall–Kier alpha value is -4.11. The van der Waals surface area contributed by atoms with Crippen molar-refractivity contribution in [1.29, 1.82) is 0 Å². The number of methoxy groups -OCH3 is 2. The molecule has 52 heavy (non-hydrogen) atoms. The van der Waals surface area contributed by atoms with Gasteiger partial charge in [-0.25, -0.2) is 0 Å². The maximum atomic E-state index is 13.5. The van der Waals surface area contributed by atoms with Crippen molar-refractivity contribution in [3.05, 3.63) is 99.6 Å². The number of nitrogens with zero attached hydrogens (tertiary/aromatic N) is 2. The number of benzene rings is 4. The van der Waals surface area contributed by atoms with Gasteiger partial charge in [0, 0.05) is 46.6 Å². The molecule has 10 heteroatoms. The van der Waals surface area contributed by atoms with Crippen molar-refractivity contribution in [3.63, 3.8) is 0 Å². The van der Waals surface area contributed by atoms with Crippen LogP contribution in [-0.2, 0) is 19.3 Å². The zero-order chi connectivity index (χ0) is 35.8. The van der Waals surface area contributed by atoms with Crippen LogP contribution in [-0.4, -0.2) is 70.9 Å². The molecule has 0 fully saturated rings. The minimum Gasteiger partial charge on any atom is -0.493 e. The van der Waals surface area contributed by atoms with Crippen LogP contribution in [0.5, 0.6) is 28.7 Å². The van der Waals surface area contributed by atoms with Gasteiger partial charge < -0.3 is 33.5 Å². The van der Waals surface area contributed by atoms with Crippen molar-refractivity contribution in [1.82, 2.24) is 4.90 Å². The monoisotopic (exact) mass is 746 g/mol. The highest BCUT2D eigenvalue weighted by Crippen LogP contribution is 2.50. The number of anilines is 2. The van der Waals surface area contributed by atoms with Crippen molar-refractivity contribution in [2.45, 2.75) is 57.7 Å². The van der Waals surface area contributed by atoms with E-state index >= 15 is 0 Å². The number of carbonyl (C=O) groups is 1. The highest BCUT2D eigenvalue weighted by atomic mass is 35.5. The molecule has 0 aromatic heterocycles. The van der Waals surface area contributed by atoms with Crippen molar-refractivity contribution >= 4 is 41.2 Å². The molecule has 0 spiro atoms. The number of ketones is 1. The number of rotatable bonds is 7. The van der Waals surface area contributed by atoms with Crippen molar-refractivity contribution < 1.29 is 28.5 Å². The number of Topliss-reactive ketones (excluding diaryl/α,β-unsaturated/α-hetero) is 1. The fourth-order valence-electron chi connectivity index (χ4n) is 7.63. The molecule has 0 amide bonds. The molecule has 0 bridgehead atoms. The summed E-state index contributed by atoms with van der Waals surface area (Å²) in [5, 5.41) is 0.816. The van der Waals surface area contributed by atoms with E-state index in [1.165, 1.54) is 22.5 Å². The first kappa shape index (κ1) is 37.6. The molecule has 3 atom stereocenters. The highest BCUT2D eigenvalue weighted by Gasteiger charge is 2.45. The molecule has 8 nitrogen and oxygen atoms in total. The SMILES string of the molecule is CN(C)CCCN1c2ccccc2CCc2ccc(Cl)cc21.COc1cc2c(cc1OC)C1C(=O)c3ccc4c(c3OC1CO2)CC(C(C)C)O4.Cl. The third kappa shape index (κ3) is 7.26. The maximum absolute atomic E-state index is 13.5. The van der Waals surface area contributed by atoms with E-state index in [-0.39, 0.29) is 30.4 Å². The van der Waals surface area contributed by atoms with Gasteiger partial charge in [0.2, 0.25) is 0 Å². The molecule has 3 unspecified atom stereocenters.